The third-order valence-electron chi connectivity index (χ3n) is 4.33. The zero-order valence-corrected chi connectivity index (χ0v) is 14.4. The number of amides is 1. The highest BCUT2D eigenvalue weighted by molar-refractivity contribution is 5.81. The second-order valence-electron chi connectivity index (χ2n) is 6.00. The van der Waals surface area contributed by atoms with E-state index in [0.29, 0.717) is 0 Å². The highest BCUT2D eigenvalue weighted by Gasteiger charge is 2.29. The minimum Gasteiger partial charge on any atom is -0.451 e. The van der Waals surface area contributed by atoms with Crippen molar-refractivity contribution in [1.82, 2.24) is 5.32 Å². The Morgan fingerprint density at radius 1 is 1.08 bits per heavy atom. The number of hydrogen-bond acceptors (Lipinski definition) is 4. The lowest BCUT2D eigenvalue weighted by Gasteiger charge is -2.16. The summed E-state index contributed by atoms with van der Waals surface area (Å²) in [6, 6.07) is 15.3. The van der Waals surface area contributed by atoms with Gasteiger partial charge in [-0.2, -0.15) is 0 Å². The lowest BCUT2D eigenvalue weighted by molar-refractivity contribution is -0.144. The molecule has 0 heterocycles. The molecule has 26 heavy (non-hydrogen) atoms. The molecule has 0 aromatic heterocycles. The lowest BCUT2D eigenvalue weighted by Crippen LogP contribution is -2.40. The summed E-state index contributed by atoms with van der Waals surface area (Å²) in [6.07, 6.45) is 4.37. The molecule has 1 amide bonds. The number of fused-ring (bicyclic) bond motifs is 3. The first-order chi connectivity index (χ1) is 12.6. The maximum Gasteiger partial charge on any atom is 0.407 e. The van der Waals surface area contributed by atoms with Crippen LogP contribution in [0.3, 0.4) is 0 Å². The van der Waals surface area contributed by atoms with Crippen LogP contribution in [-0.4, -0.2) is 31.3 Å². The first-order valence-corrected chi connectivity index (χ1v) is 8.33. The molecule has 1 unspecified atom stereocenters. The zero-order chi connectivity index (χ0) is 18.5. The number of nitrogens with one attached hydrogen (secondary N) is 1. The number of ether oxygens (including phenoxy) is 2. The van der Waals surface area contributed by atoms with Crippen LogP contribution in [-0.2, 0) is 14.3 Å². The minimum absolute atomic E-state index is 0.0307. The van der Waals surface area contributed by atoms with Gasteiger partial charge < -0.3 is 14.8 Å². The van der Waals surface area contributed by atoms with E-state index in [9.17, 15) is 9.59 Å². The molecule has 2 aromatic rings. The van der Waals surface area contributed by atoms with Crippen LogP contribution in [0.5, 0.6) is 0 Å². The van der Waals surface area contributed by atoms with E-state index in [2.05, 4.69) is 23.4 Å². The molecule has 5 heteroatoms. The Kier molecular flexibility index (Phi) is 5.23. The molecule has 0 saturated carbocycles. The quantitative estimate of drug-likeness (QED) is 0.665. The molecule has 1 atom stereocenters. The number of terminal acetylenes is 1. The smallest absolute Gasteiger partial charge is 0.407 e. The number of hydrogen-bond donors (Lipinski definition) is 1. The van der Waals surface area contributed by atoms with E-state index in [1.54, 1.807) is 0 Å². The van der Waals surface area contributed by atoms with E-state index in [1.807, 2.05) is 36.4 Å². The van der Waals surface area contributed by atoms with Crippen molar-refractivity contribution < 1.29 is 19.1 Å². The van der Waals surface area contributed by atoms with E-state index in [4.69, 9.17) is 15.9 Å². The molecule has 0 radical (unpaired) electrons. The molecule has 0 saturated heterocycles. The van der Waals surface area contributed by atoms with E-state index >= 15 is 0 Å². The van der Waals surface area contributed by atoms with E-state index in [-0.39, 0.29) is 19.1 Å². The molecule has 0 bridgehead atoms. The van der Waals surface area contributed by atoms with Crippen molar-refractivity contribution >= 4 is 12.1 Å². The van der Waals surface area contributed by atoms with Crippen molar-refractivity contribution in [3.8, 4) is 23.5 Å². The molecule has 1 aliphatic rings. The fraction of sp³-hybridized carbons (Fsp3) is 0.238. The molecular formula is C21H19NO4. The molecule has 0 fully saturated rings. The van der Waals surface area contributed by atoms with Gasteiger partial charge in [0, 0.05) is 5.92 Å². The number of carbonyl (C=O) groups excluding carboxylic acids is 2. The largest absolute Gasteiger partial charge is 0.451 e. The molecule has 0 spiro atoms. The Bertz CT molecular complexity index is 823. The molecule has 5 nitrogen and oxygen atoms in total. The van der Waals surface area contributed by atoms with Crippen LogP contribution in [0.2, 0.25) is 0 Å². The van der Waals surface area contributed by atoms with Gasteiger partial charge in [0.2, 0.25) is 0 Å². The van der Waals surface area contributed by atoms with E-state index in [0.717, 1.165) is 22.3 Å². The summed E-state index contributed by atoms with van der Waals surface area (Å²) < 4.78 is 10.1. The summed E-state index contributed by atoms with van der Waals surface area (Å²) in [4.78, 5) is 23.7. The fourth-order valence-corrected chi connectivity index (χ4v) is 3.11. The second-order valence-corrected chi connectivity index (χ2v) is 6.00. The molecule has 1 N–H and O–H groups in total. The number of benzene rings is 2. The minimum atomic E-state index is -0.834. The summed E-state index contributed by atoms with van der Waals surface area (Å²) >= 11 is 0. The molecule has 2 aromatic carbocycles. The predicted octanol–water partition coefficient (Wildman–Crippen LogP) is 3.09. The zero-order valence-electron chi connectivity index (χ0n) is 14.4. The van der Waals surface area contributed by atoms with E-state index in [1.165, 1.54) is 6.92 Å². The van der Waals surface area contributed by atoms with Crippen LogP contribution in [0.1, 0.15) is 24.0 Å². The van der Waals surface area contributed by atoms with Gasteiger partial charge in [-0.25, -0.2) is 9.59 Å². The molecule has 132 valence electrons. The van der Waals surface area contributed by atoms with Crippen LogP contribution >= 0.6 is 0 Å². The van der Waals surface area contributed by atoms with Gasteiger partial charge in [0.15, 0.2) is 6.61 Å². The van der Waals surface area contributed by atoms with Crippen LogP contribution < -0.4 is 5.32 Å². The molecular weight excluding hydrogens is 330 g/mol. The normalized spacial score (nSPS) is 13.1. The molecule has 3 rings (SSSR count). The Morgan fingerprint density at radius 2 is 1.65 bits per heavy atom. The Hall–Kier alpha value is -3.26. The van der Waals surface area contributed by atoms with Gasteiger partial charge in [-0.15, -0.1) is 6.42 Å². The average Bonchev–Trinajstić information content (AvgIpc) is 2.98. The predicted molar refractivity (Wildman–Crippen MR) is 97.5 cm³/mol. The number of carbonyl (C=O) groups is 2. The topological polar surface area (TPSA) is 64.6 Å². The SMILES string of the molecule is C#CCOC(=O)C(C)NC(=O)OCC1c2ccccc2-c2ccccc21. The van der Waals surface area contributed by atoms with Gasteiger partial charge >= 0.3 is 12.1 Å². The summed E-state index contributed by atoms with van der Waals surface area (Å²) in [7, 11) is 0. The van der Waals surface area contributed by atoms with Crippen molar-refractivity contribution in [1.29, 1.82) is 0 Å². The molecule has 1 aliphatic carbocycles. The van der Waals surface area contributed by atoms with Crippen LogP contribution in [0.15, 0.2) is 48.5 Å². The number of esters is 1. The first-order valence-electron chi connectivity index (χ1n) is 8.33. The Balaban J connectivity index is 1.64. The number of rotatable bonds is 5. The summed E-state index contributed by atoms with van der Waals surface area (Å²) in [5.41, 5.74) is 4.57. The van der Waals surface area contributed by atoms with Crippen molar-refractivity contribution in [2.24, 2.45) is 0 Å². The second kappa shape index (κ2) is 7.75. The van der Waals surface area contributed by atoms with Crippen molar-refractivity contribution in [3.05, 3.63) is 59.7 Å². The van der Waals surface area contributed by atoms with Crippen molar-refractivity contribution in [3.63, 3.8) is 0 Å². The maximum atomic E-state index is 12.0. The average molecular weight is 349 g/mol. The van der Waals surface area contributed by atoms with Crippen LogP contribution in [0.4, 0.5) is 4.79 Å². The van der Waals surface area contributed by atoms with Gasteiger partial charge in [0.25, 0.3) is 0 Å². The number of alkyl carbamates (subject to hydrolysis) is 1. The van der Waals surface area contributed by atoms with Gasteiger partial charge in [0.1, 0.15) is 12.6 Å². The fourth-order valence-electron chi connectivity index (χ4n) is 3.11. The molecule has 0 aliphatic heterocycles. The van der Waals surface area contributed by atoms with Gasteiger partial charge in [-0.1, -0.05) is 54.5 Å². The van der Waals surface area contributed by atoms with Crippen LogP contribution in [0, 0.1) is 12.3 Å². The van der Waals surface area contributed by atoms with Gasteiger partial charge in [-0.05, 0) is 29.2 Å². The standard InChI is InChI=1S/C21H19NO4/c1-3-12-25-20(23)14(2)22-21(24)26-13-19-17-10-6-4-8-15(17)16-9-5-7-11-18(16)19/h1,4-11,14,19H,12-13H2,2H3,(H,22,24). The van der Waals surface area contributed by atoms with E-state index < -0.39 is 18.1 Å². The van der Waals surface area contributed by atoms with Gasteiger partial charge in [-0.3, -0.25) is 0 Å². The summed E-state index contributed by atoms with van der Waals surface area (Å²) in [5.74, 6) is 1.57. The van der Waals surface area contributed by atoms with Gasteiger partial charge in [0.05, 0.1) is 0 Å². The highest BCUT2D eigenvalue weighted by Crippen LogP contribution is 2.44. The monoisotopic (exact) mass is 349 g/mol. The van der Waals surface area contributed by atoms with Crippen molar-refractivity contribution in [2.45, 2.75) is 18.9 Å². The maximum absolute atomic E-state index is 12.0. The third-order valence-corrected chi connectivity index (χ3v) is 4.33. The lowest BCUT2D eigenvalue weighted by atomic mass is 9.98. The summed E-state index contributed by atoms with van der Waals surface area (Å²) in [5, 5.41) is 2.46. The third kappa shape index (κ3) is 3.55. The summed E-state index contributed by atoms with van der Waals surface area (Å²) in [6.45, 7) is 1.57. The van der Waals surface area contributed by atoms with Crippen molar-refractivity contribution in [2.75, 3.05) is 13.2 Å². The highest BCUT2D eigenvalue weighted by atomic mass is 16.6. The van der Waals surface area contributed by atoms with Crippen LogP contribution in [0.25, 0.3) is 11.1 Å². The first kappa shape index (κ1) is 17.6. The Labute approximate surface area is 152 Å². The Morgan fingerprint density at radius 3 is 2.23 bits per heavy atom.